The molecule has 11 nitrogen and oxygen atoms in total. The van der Waals surface area contributed by atoms with Gasteiger partial charge < -0.3 is 46.5 Å². The Morgan fingerprint density at radius 2 is 1.49 bits per heavy atom. The number of para-hydroxylation sites is 2. The molecule has 0 amide bonds. The van der Waals surface area contributed by atoms with Crippen LogP contribution < -0.4 is 26.4 Å². The fourth-order valence-electron chi connectivity index (χ4n) is 2.46. The van der Waals surface area contributed by atoms with Gasteiger partial charge in [0.1, 0.15) is 7.85 Å². The van der Waals surface area contributed by atoms with Gasteiger partial charge in [-0.05, 0) is 56.4 Å². The molecule has 3 rings (SSSR count). The zero-order chi connectivity index (χ0) is 27.6. The molecule has 12 heteroatoms. The van der Waals surface area contributed by atoms with Crippen LogP contribution in [-0.4, -0.2) is 65.0 Å². The normalized spacial score (nSPS) is 20.9. The lowest BCUT2D eigenvalue weighted by Gasteiger charge is -2.46. The lowest BCUT2D eigenvalue weighted by molar-refractivity contribution is -0.690. The first-order valence-corrected chi connectivity index (χ1v) is 10.3. The maximum Gasteiger partial charge on any atom is 0.413 e. The number of phenolic OH excluding ortho intramolecular Hbond substituents is 2. The number of phenols is 2. The second kappa shape index (κ2) is 13.9. The van der Waals surface area contributed by atoms with Crippen LogP contribution in [0.15, 0.2) is 37.4 Å². The number of aliphatic hydroxyl groups is 3. The van der Waals surface area contributed by atoms with Crippen molar-refractivity contribution in [3.8, 4) is 23.0 Å². The molecule has 35 heavy (non-hydrogen) atoms. The molecule has 0 aromatic heterocycles. The van der Waals surface area contributed by atoms with Crippen LogP contribution in [-0.2, 0) is 9.78 Å². The summed E-state index contributed by atoms with van der Waals surface area (Å²) in [6, 6.07) is 6.56. The van der Waals surface area contributed by atoms with Gasteiger partial charge in [0.15, 0.2) is 23.0 Å². The molecule has 1 aliphatic rings. The lowest BCUT2D eigenvalue weighted by atomic mass is 9.85. The van der Waals surface area contributed by atoms with Crippen LogP contribution >= 0.6 is 0 Å². The number of aromatic hydroxyl groups is 2. The fourth-order valence-corrected chi connectivity index (χ4v) is 2.46. The minimum atomic E-state index is -2.35. The maximum absolute atomic E-state index is 9.85. The first kappa shape index (κ1) is 32.2. The molecule has 3 unspecified atom stereocenters. The van der Waals surface area contributed by atoms with Gasteiger partial charge in [-0.1, -0.05) is 17.7 Å². The monoisotopic (exact) mass is 494 g/mol. The Bertz CT molecular complexity index is 849. The van der Waals surface area contributed by atoms with Crippen LogP contribution in [0.1, 0.15) is 23.6 Å². The molecular weight excluding hydrogens is 459 g/mol. The standard InChI is InChI=1S/C10H13NO6.C9H11BO2.C2H7NO.C2H4/c1-14-7-4-2-3-5-8(7)15-10(13)9(12,6-11)16-17-10;1-4-5(2)7(10)9(12)8(11)6(4)3;1-2(3)4;1-2/h2-5,12-13H,6,11H2,1H3;11-12H,1-3H3;2,4H,3H2,1H3;1-2H2. The third kappa shape index (κ3) is 7.84. The maximum atomic E-state index is 9.85. The summed E-state index contributed by atoms with van der Waals surface area (Å²) in [5, 5.41) is 46.0. The van der Waals surface area contributed by atoms with Gasteiger partial charge in [0.2, 0.25) is 0 Å². The summed E-state index contributed by atoms with van der Waals surface area (Å²) in [6.45, 7) is 12.5. The van der Waals surface area contributed by atoms with Crippen molar-refractivity contribution in [1.29, 1.82) is 0 Å². The van der Waals surface area contributed by atoms with Crippen LogP contribution in [0.3, 0.4) is 0 Å². The number of benzene rings is 2. The number of ether oxygens (including phenoxy) is 2. The molecule has 0 aliphatic carbocycles. The number of nitrogens with two attached hydrogens (primary N) is 2. The van der Waals surface area contributed by atoms with Crippen molar-refractivity contribution in [2.24, 2.45) is 11.5 Å². The van der Waals surface area contributed by atoms with Crippen LogP contribution in [0.25, 0.3) is 0 Å². The van der Waals surface area contributed by atoms with Crippen molar-refractivity contribution in [3.05, 3.63) is 54.1 Å². The van der Waals surface area contributed by atoms with E-state index in [4.69, 9.17) is 28.2 Å². The van der Waals surface area contributed by atoms with E-state index in [1.54, 1.807) is 25.1 Å². The smallest absolute Gasteiger partial charge is 0.413 e. The van der Waals surface area contributed by atoms with Gasteiger partial charge in [-0.15, -0.1) is 13.2 Å². The molecule has 2 aromatic carbocycles. The van der Waals surface area contributed by atoms with Crippen LogP contribution in [0, 0.1) is 20.8 Å². The SMILES string of the molecule is C=C.CC(N)O.COc1ccccc1OC1(O)OOC1(O)CN.[B]c1c(C)c(C)c(C)c(O)c1O. The van der Waals surface area contributed by atoms with Gasteiger partial charge in [0.25, 0.3) is 0 Å². The Morgan fingerprint density at radius 3 is 1.89 bits per heavy atom. The van der Waals surface area contributed by atoms with Crippen molar-refractivity contribution in [2.45, 2.75) is 45.7 Å². The molecule has 9 N–H and O–H groups in total. The molecule has 0 bridgehead atoms. The topological polar surface area (TPSA) is 190 Å². The van der Waals surface area contributed by atoms with Crippen molar-refractivity contribution in [1.82, 2.24) is 0 Å². The number of aliphatic hydroxyl groups excluding tert-OH is 1. The molecular formula is C23H35BN2O9. The average Bonchev–Trinajstić information content (AvgIpc) is 2.85. The second-order valence-electron chi connectivity index (χ2n) is 7.22. The van der Waals surface area contributed by atoms with Gasteiger partial charge >= 0.3 is 11.8 Å². The summed E-state index contributed by atoms with van der Waals surface area (Å²) in [4.78, 5) is 8.72. The Morgan fingerprint density at radius 1 is 1.00 bits per heavy atom. The van der Waals surface area contributed by atoms with E-state index in [0.29, 0.717) is 11.3 Å². The molecule has 0 saturated carbocycles. The van der Waals surface area contributed by atoms with Crippen LogP contribution in [0.5, 0.6) is 23.0 Å². The van der Waals surface area contributed by atoms with E-state index in [-0.39, 0.29) is 22.7 Å². The highest BCUT2D eigenvalue weighted by atomic mass is 17.3. The van der Waals surface area contributed by atoms with Gasteiger partial charge in [-0.2, -0.15) is 9.78 Å². The van der Waals surface area contributed by atoms with Crippen molar-refractivity contribution in [3.63, 3.8) is 0 Å². The molecule has 3 atom stereocenters. The van der Waals surface area contributed by atoms with Crippen molar-refractivity contribution >= 4 is 13.3 Å². The molecule has 2 aromatic rings. The Balaban J connectivity index is 0.000000561. The highest BCUT2D eigenvalue weighted by Crippen LogP contribution is 2.40. The van der Waals surface area contributed by atoms with Gasteiger partial charge in [0, 0.05) is 0 Å². The molecule has 1 aliphatic heterocycles. The highest BCUT2D eigenvalue weighted by molar-refractivity contribution is 6.35. The van der Waals surface area contributed by atoms with Gasteiger partial charge in [0.05, 0.1) is 19.9 Å². The number of hydrogen-bond donors (Lipinski definition) is 7. The van der Waals surface area contributed by atoms with E-state index in [2.05, 4.69) is 28.7 Å². The first-order valence-electron chi connectivity index (χ1n) is 10.3. The van der Waals surface area contributed by atoms with E-state index in [1.807, 2.05) is 13.8 Å². The van der Waals surface area contributed by atoms with E-state index in [1.165, 1.54) is 20.1 Å². The molecule has 194 valence electrons. The Labute approximate surface area is 206 Å². The highest BCUT2D eigenvalue weighted by Gasteiger charge is 2.66. The quantitative estimate of drug-likeness (QED) is 0.101. The van der Waals surface area contributed by atoms with E-state index in [0.717, 1.165) is 11.1 Å². The molecule has 0 spiro atoms. The Kier molecular flexibility index (Phi) is 12.8. The zero-order valence-electron chi connectivity index (χ0n) is 20.6. The summed E-state index contributed by atoms with van der Waals surface area (Å²) in [6.07, 6.45) is -0.667. The number of hydrogen-bond acceptors (Lipinski definition) is 11. The van der Waals surface area contributed by atoms with E-state index < -0.39 is 24.5 Å². The third-order valence-electron chi connectivity index (χ3n) is 4.74. The Hall–Kier alpha value is -2.84. The third-order valence-corrected chi connectivity index (χ3v) is 4.74. The second-order valence-corrected chi connectivity index (χ2v) is 7.22. The predicted octanol–water partition coefficient (Wildman–Crippen LogP) is 0.232. The van der Waals surface area contributed by atoms with Crippen molar-refractivity contribution < 1.29 is 44.8 Å². The molecule has 1 fully saturated rings. The summed E-state index contributed by atoms with van der Waals surface area (Å²) < 4.78 is 10.1. The largest absolute Gasteiger partial charge is 0.505 e. The number of rotatable bonds is 4. The van der Waals surface area contributed by atoms with Crippen LogP contribution in [0.2, 0.25) is 0 Å². The summed E-state index contributed by atoms with van der Waals surface area (Å²) >= 11 is 0. The van der Waals surface area contributed by atoms with Gasteiger partial charge in [-0.3, -0.25) is 0 Å². The predicted molar refractivity (Wildman–Crippen MR) is 131 cm³/mol. The lowest BCUT2D eigenvalue weighted by Crippen LogP contribution is -2.73. The molecule has 1 heterocycles. The summed E-state index contributed by atoms with van der Waals surface area (Å²) in [7, 11) is 6.99. The minimum absolute atomic E-state index is 0.115. The minimum Gasteiger partial charge on any atom is -0.505 e. The molecule has 2 radical (unpaired) electrons. The van der Waals surface area contributed by atoms with E-state index >= 15 is 0 Å². The van der Waals surface area contributed by atoms with Crippen molar-refractivity contribution in [2.75, 3.05) is 13.7 Å². The fraction of sp³-hybridized carbons (Fsp3) is 0.391. The number of methoxy groups -OCH3 is 1. The average molecular weight is 494 g/mol. The first-order chi connectivity index (χ1) is 16.2. The summed E-state index contributed by atoms with van der Waals surface area (Å²) in [5.74, 6) is -4.22. The summed E-state index contributed by atoms with van der Waals surface area (Å²) in [5.41, 5.74) is 12.6. The molecule has 1 saturated heterocycles. The zero-order valence-corrected chi connectivity index (χ0v) is 20.6. The van der Waals surface area contributed by atoms with Gasteiger partial charge in [-0.25, -0.2) is 0 Å². The van der Waals surface area contributed by atoms with E-state index in [9.17, 15) is 20.4 Å². The van der Waals surface area contributed by atoms with Crippen LogP contribution in [0.4, 0.5) is 0 Å².